The highest BCUT2D eigenvalue weighted by atomic mass is 16.7. The molecule has 126 valence electrons. The zero-order valence-electron chi connectivity index (χ0n) is 14.1. The van der Waals surface area contributed by atoms with Gasteiger partial charge in [0.15, 0.2) is 13.1 Å². The van der Waals surface area contributed by atoms with Crippen molar-refractivity contribution in [2.24, 2.45) is 0 Å². The van der Waals surface area contributed by atoms with Gasteiger partial charge in [-0.05, 0) is 51.0 Å². The Morgan fingerprint density at radius 3 is 2.14 bits per heavy atom. The minimum Gasteiger partial charge on any atom is -0.475 e. The van der Waals surface area contributed by atoms with Crippen LogP contribution in [0.5, 0.6) is 0 Å². The molecular weight excluding hydrogens is 268 g/mol. The summed E-state index contributed by atoms with van der Waals surface area (Å²) in [4.78, 5) is 0. The Kier molecular flexibility index (Phi) is 17.0. The molecule has 0 saturated heterocycles. The van der Waals surface area contributed by atoms with Crippen LogP contribution in [0.1, 0.15) is 65.7 Å². The number of unbranched alkanes of at least 4 members (excludes halogenated alkanes) is 2. The number of hydrogen-bond acceptors (Lipinski definition) is 4. The molecule has 4 nitrogen and oxygen atoms in total. The number of ether oxygens (including phenoxy) is 4. The fraction of sp³-hybridized carbons (Fsp3) is 0.882. The number of rotatable bonds is 16. The highest BCUT2D eigenvalue weighted by Gasteiger charge is 2.07. The highest BCUT2D eigenvalue weighted by molar-refractivity contribution is 4.72. The molecule has 0 atom stereocenters. The lowest BCUT2D eigenvalue weighted by Crippen LogP contribution is -2.18. The van der Waals surface area contributed by atoms with E-state index in [1.807, 2.05) is 6.08 Å². The lowest BCUT2D eigenvalue weighted by molar-refractivity contribution is -0.146. The first kappa shape index (κ1) is 20.4. The van der Waals surface area contributed by atoms with Crippen LogP contribution in [0.15, 0.2) is 12.3 Å². The first-order valence-corrected chi connectivity index (χ1v) is 8.42. The quantitative estimate of drug-likeness (QED) is 0.236. The van der Waals surface area contributed by atoms with E-state index >= 15 is 0 Å². The van der Waals surface area contributed by atoms with E-state index in [1.165, 1.54) is 0 Å². The standard InChI is InChI=1S/C17H34O4/c1-4-12-18-16-19-15-10-8-7-9-11-17(20-13-5-2)21-14-6-3/h10,15,17H,4-9,11-14,16H2,1-3H3. The minimum atomic E-state index is -0.0347. The summed E-state index contributed by atoms with van der Waals surface area (Å²) in [5, 5.41) is 0. The molecule has 0 rings (SSSR count). The molecule has 0 fully saturated rings. The maximum atomic E-state index is 5.69. The van der Waals surface area contributed by atoms with Crippen LogP contribution in [0.2, 0.25) is 0 Å². The lowest BCUT2D eigenvalue weighted by Gasteiger charge is -2.17. The topological polar surface area (TPSA) is 36.9 Å². The Bertz CT molecular complexity index is 211. The zero-order valence-corrected chi connectivity index (χ0v) is 14.1. The monoisotopic (exact) mass is 302 g/mol. The average molecular weight is 302 g/mol. The van der Waals surface area contributed by atoms with Gasteiger partial charge in [-0.25, -0.2) is 0 Å². The highest BCUT2D eigenvalue weighted by Crippen LogP contribution is 2.10. The SMILES string of the molecule is CCCOCOC=CCCCCC(OCCC)OCCC. The van der Waals surface area contributed by atoms with Crippen LogP contribution in [0, 0.1) is 0 Å². The van der Waals surface area contributed by atoms with E-state index in [1.54, 1.807) is 6.26 Å². The van der Waals surface area contributed by atoms with Gasteiger partial charge >= 0.3 is 0 Å². The predicted molar refractivity (Wildman–Crippen MR) is 86.1 cm³/mol. The maximum Gasteiger partial charge on any atom is 0.188 e. The van der Waals surface area contributed by atoms with Gasteiger partial charge in [-0.3, -0.25) is 0 Å². The third-order valence-electron chi connectivity index (χ3n) is 2.77. The number of hydrogen-bond donors (Lipinski definition) is 0. The van der Waals surface area contributed by atoms with Gasteiger partial charge in [0.1, 0.15) is 0 Å². The zero-order chi connectivity index (χ0) is 15.6. The molecule has 0 bridgehead atoms. The molecular formula is C17H34O4. The minimum absolute atomic E-state index is 0.0347. The largest absolute Gasteiger partial charge is 0.475 e. The van der Waals surface area contributed by atoms with Gasteiger partial charge < -0.3 is 18.9 Å². The predicted octanol–water partition coefficient (Wildman–Crippen LogP) is 4.64. The Labute approximate surface area is 130 Å². The third-order valence-corrected chi connectivity index (χ3v) is 2.77. The first-order valence-electron chi connectivity index (χ1n) is 8.42. The second-order valence-electron chi connectivity index (χ2n) is 5.02. The fourth-order valence-corrected chi connectivity index (χ4v) is 1.71. The van der Waals surface area contributed by atoms with Crippen molar-refractivity contribution in [1.29, 1.82) is 0 Å². The van der Waals surface area contributed by atoms with Crippen molar-refractivity contribution >= 4 is 0 Å². The Morgan fingerprint density at radius 2 is 1.52 bits per heavy atom. The van der Waals surface area contributed by atoms with Crippen LogP contribution in [0.3, 0.4) is 0 Å². The molecule has 4 heteroatoms. The van der Waals surface area contributed by atoms with E-state index < -0.39 is 0 Å². The molecule has 0 aromatic heterocycles. The summed E-state index contributed by atoms with van der Waals surface area (Å²) in [6.07, 6.45) is 11.0. The molecule has 0 radical (unpaired) electrons. The Morgan fingerprint density at radius 1 is 0.857 bits per heavy atom. The molecule has 0 amide bonds. The van der Waals surface area contributed by atoms with Crippen molar-refractivity contribution in [1.82, 2.24) is 0 Å². The van der Waals surface area contributed by atoms with E-state index in [-0.39, 0.29) is 6.29 Å². The second-order valence-corrected chi connectivity index (χ2v) is 5.02. The fourth-order valence-electron chi connectivity index (χ4n) is 1.71. The summed E-state index contributed by atoms with van der Waals surface area (Å²) < 4.78 is 21.8. The van der Waals surface area contributed by atoms with Gasteiger partial charge in [0.25, 0.3) is 0 Å². The molecule has 0 aromatic rings. The van der Waals surface area contributed by atoms with Gasteiger partial charge in [-0.2, -0.15) is 0 Å². The molecule has 0 heterocycles. The van der Waals surface area contributed by atoms with E-state index in [9.17, 15) is 0 Å². The van der Waals surface area contributed by atoms with Crippen molar-refractivity contribution in [2.75, 3.05) is 26.6 Å². The van der Waals surface area contributed by atoms with E-state index in [2.05, 4.69) is 20.8 Å². The van der Waals surface area contributed by atoms with Gasteiger partial charge in [0, 0.05) is 13.2 Å². The molecule has 0 unspecified atom stereocenters. The molecule has 0 aromatic carbocycles. The van der Waals surface area contributed by atoms with Crippen LogP contribution < -0.4 is 0 Å². The van der Waals surface area contributed by atoms with Crippen LogP contribution in [0.25, 0.3) is 0 Å². The van der Waals surface area contributed by atoms with E-state index in [0.717, 1.165) is 64.8 Å². The smallest absolute Gasteiger partial charge is 0.188 e. The van der Waals surface area contributed by atoms with Crippen molar-refractivity contribution < 1.29 is 18.9 Å². The molecule has 0 aliphatic carbocycles. The van der Waals surface area contributed by atoms with Crippen molar-refractivity contribution in [3.05, 3.63) is 12.3 Å². The third kappa shape index (κ3) is 15.6. The maximum absolute atomic E-state index is 5.69. The summed E-state index contributed by atoms with van der Waals surface area (Å²) >= 11 is 0. The van der Waals surface area contributed by atoms with Gasteiger partial charge in [0.2, 0.25) is 0 Å². The molecule has 0 aliphatic heterocycles. The van der Waals surface area contributed by atoms with Crippen molar-refractivity contribution in [3.8, 4) is 0 Å². The average Bonchev–Trinajstić information content (AvgIpc) is 2.51. The summed E-state index contributed by atoms with van der Waals surface area (Å²) in [7, 11) is 0. The van der Waals surface area contributed by atoms with Crippen molar-refractivity contribution in [2.45, 2.75) is 72.0 Å². The lowest BCUT2D eigenvalue weighted by atomic mass is 10.2. The summed E-state index contributed by atoms with van der Waals surface area (Å²) in [5.74, 6) is 0. The van der Waals surface area contributed by atoms with Crippen LogP contribution >= 0.6 is 0 Å². The van der Waals surface area contributed by atoms with E-state index in [4.69, 9.17) is 18.9 Å². The number of allylic oxidation sites excluding steroid dienone is 1. The molecule has 0 aliphatic rings. The first-order chi connectivity index (χ1) is 10.3. The van der Waals surface area contributed by atoms with Crippen molar-refractivity contribution in [3.63, 3.8) is 0 Å². The summed E-state index contributed by atoms with van der Waals surface area (Å²) in [6.45, 7) is 8.97. The molecule has 0 saturated carbocycles. The van der Waals surface area contributed by atoms with E-state index in [0.29, 0.717) is 6.79 Å². The molecule has 0 N–H and O–H groups in total. The van der Waals surface area contributed by atoms with Gasteiger partial charge in [-0.1, -0.05) is 20.8 Å². The van der Waals surface area contributed by atoms with Gasteiger partial charge in [0.05, 0.1) is 12.9 Å². The van der Waals surface area contributed by atoms with Gasteiger partial charge in [-0.15, -0.1) is 0 Å². The Hall–Kier alpha value is -0.580. The van der Waals surface area contributed by atoms with Crippen LogP contribution in [-0.4, -0.2) is 32.9 Å². The van der Waals surface area contributed by atoms with Crippen LogP contribution in [0.4, 0.5) is 0 Å². The van der Waals surface area contributed by atoms with Crippen LogP contribution in [-0.2, 0) is 18.9 Å². The molecule has 21 heavy (non-hydrogen) atoms. The summed E-state index contributed by atoms with van der Waals surface area (Å²) in [6, 6.07) is 0. The summed E-state index contributed by atoms with van der Waals surface area (Å²) in [5.41, 5.74) is 0. The normalized spacial score (nSPS) is 11.6. The molecule has 0 spiro atoms. The Balaban J connectivity index is 3.48. The second kappa shape index (κ2) is 17.5.